The Labute approximate surface area is 270 Å². The molecule has 8 rings (SSSR count). The van der Waals surface area contributed by atoms with E-state index in [0.717, 1.165) is 57.1 Å². The second kappa shape index (κ2) is 11.5. The molecule has 5 aromatic heterocycles. The lowest BCUT2D eigenvalue weighted by atomic mass is 9.72. The van der Waals surface area contributed by atoms with Gasteiger partial charge >= 0.3 is 0 Å². The maximum atomic E-state index is 13.6. The smallest absolute Gasteiger partial charge is 0.234 e. The van der Waals surface area contributed by atoms with Crippen molar-refractivity contribution in [2.75, 3.05) is 36.8 Å². The minimum atomic E-state index is -0.400. The summed E-state index contributed by atoms with van der Waals surface area (Å²) in [7, 11) is 0. The van der Waals surface area contributed by atoms with E-state index < -0.39 is 5.82 Å². The Balaban J connectivity index is 1.02. The van der Waals surface area contributed by atoms with Crippen LogP contribution < -0.4 is 10.6 Å². The Morgan fingerprint density at radius 1 is 0.851 bits per heavy atom. The maximum Gasteiger partial charge on any atom is 0.234 e. The third-order valence-electron chi connectivity index (χ3n) is 9.18. The molecule has 0 radical (unpaired) electrons. The molecule has 2 aliphatic heterocycles. The third-order valence-corrected chi connectivity index (χ3v) is 9.18. The fourth-order valence-electron chi connectivity index (χ4n) is 6.79. The lowest BCUT2D eigenvalue weighted by Gasteiger charge is -2.54. The van der Waals surface area contributed by atoms with Crippen molar-refractivity contribution in [3.63, 3.8) is 0 Å². The highest BCUT2D eigenvalue weighted by molar-refractivity contribution is 5.84. The molecular formula is C35H30FN11. The van der Waals surface area contributed by atoms with Crippen molar-refractivity contribution in [1.82, 2.24) is 39.4 Å². The quantitative estimate of drug-likeness (QED) is 0.269. The molecule has 1 spiro atoms. The van der Waals surface area contributed by atoms with Gasteiger partial charge in [-0.05, 0) is 78.4 Å². The highest BCUT2D eigenvalue weighted by atomic mass is 19.1. The predicted molar refractivity (Wildman–Crippen MR) is 176 cm³/mol. The molecule has 2 fully saturated rings. The summed E-state index contributed by atoms with van der Waals surface area (Å²) in [4.78, 5) is 31.5. The van der Waals surface area contributed by atoms with E-state index in [-0.39, 0.29) is 5.82 Å². The van der Waals surface area contributed by atoms with Crippen LogP contribution in [0, 0.1) is 22.6 Å². The molecule has 47 heavy (non-hydrogen) atoms. The summed E-state index contributed by atoms with van der Waals surface area (Å²) >= 11 is 0. The normalized spacial score (nSPS) is 15.9. The number of fused-ring (bicyclic) bond motifs is 1. The van der Waals surface area contributed by atoms with Crippen LogP contribution in [0.5, 0.6) is 0 Å². The summed E-state index contributed by atoms with van der Waals surface area (Å²) in [5.41, 5.74) is 12.0. The number of piperidine rings is 1. The number of nitrogens with zero attached hydrogens (tertiary/aromatic N) is 10. The minimum absolute atomic E-state index is 0.214. The first-order valence-electron chi connectivity index (χ1n) is 15.5. The van der Waals surface area contributed by atoms with Crippen molar-refractivity contribution < 1.29 is 4.39 Å². The molecule has 0 unspecified atom stereocenters. The fourth-order valence-corrected chi connectivity index (χ4v) is 6.79. The number of pyridine rings is 3. The average molecular weight is 624 g/mol. The Hall–Kier alpha value is -5.80. The molecular weight excluding hydrogens is 593 g/mol. The average Bonchev–Trinajstić information content (AvgIpc) is 3.47. The van der Waals surface area contributed by atoms with Crippen LogP contribution in [0.3, 0.4) is 0 Å². The Bertz CT molecular complexity index is 2120. The molecule has 0 aliphatic carbocycles. The number of rotatable bonds is 6. The summed E-state index contributed by atoms with van der Waals surface area (Å²) in [6.45, 7) is 4.86. The molecule has 2 saturated heterocycles. The molecule has 0 atom stereocenters. The summed E-state index contributed by atoms with van der Waals surface area (Å²) in [5, 5.41) is 9.15. The van der Waals surface area contributed by atoms with Gasteiger partial charge in [-0.15, -0.1) is 0 Å². The molecule has 12 heteroatoms. The van der Waals surface area contributed by atoms with Crippen LogP contribution in [-0.2, 0) is 6.54 Å². The second-order valence-electron chi connectivity index (χ2n) is 12.3. The maximum absolute atomic E-state index is 13.6. The van der Waals surface area contributed by atoms with Crippen LogP contribution in [-0.4, -0.2) is 65.5 Å². The van der Waals surface area contributed by atoms with Gasteiger partial charge in [0.05, 0.1) is 23.1 Å². The fraction of sp³-hybridized carbons (Fsp3) is 0.229. The number of hydrogen-bond donors (Lipinski definition) is 1. The van der Waals surface area contributed by atoms with Gasteiger partial charge in [-0.25, -0.2) is 29.3 Å². The van der Waals surface area contributed by atoms with Crippen molar-refractivity contribution in [1.29, 1.82) is 5.26 Å². The predicted octanol–water partition coefficient (Wildman–Crippen LogP) is 5.03. The molecule has 232 valence electrons. The van der Waals surface area contributed by atoms with Crippen LogP contribution in [0.2, 0.25) is 0 Å². The highest BCUT2D eigenvalue weighted by Crippen LogP contribution is 2.42. The summed E-state index contributed by atoms with van der Waals surface area (Å²) in [5.74, 6) is 1.66. The molecule has 0 saturated carbocycles. The molecule has 1 aromatic carbocycles. The van der Waals surface area contributed by atoms with Gasteiger partial charge in [0.2, 0.25) is 5.82 Å². The van der Waals surface area contributed by atoms with Crippen molar-refractivity contribution in [2.45, 2.75) is 19.4 Å². The van der Waals surface area contributed by atoms with Gasteiger partial charge in [-0.3, -0.25) is 14.5 Å². The first-order chi connectivity index (χ1) is 23.0. The molecule has 0 bridgehead atoms. The number of nitrogens with two attached hydrogens (primary N) is 1. The van der Waals surface area contributed by atoms with Crippen molar-refractivity contribution in [3.8, 4) is 34.5 Å². The Morgan fingerprint density at radius 2 is 1.66 bits per heavy atom. The lowest BCUT2D eigenvalue weighted by Crippen LogP contribution is -2.59. The highest BCUT2D eigenvalue weighted by Gasteiger charge is 2.44. The van der Waals surface area contributed by atoms with Crippen molar-refractivity contribution in [3.05, 3.63) is 103 Å². The van der Waals surface area contributed by atoms with Gasteiger partial charge in [0, 0.05) is 50.8 Å². The lowest BCUT2D eigenvalue weighted by molar-refractivity contribution is -0.0240. The van der Waals surface area contributed by atoms with Crippen LogP contribution >= 0.6 is 0 Å². The van der Waals surface area contributed by atoms with Crippen LogP contribution in [0.25, 0.3) is 39.6 Å². The number of anilines is 2. The van der Waals surface area contributed by atoms with E-state index in [0.29, 0.717) is 45.2 Å². The second-order valence-corrected chi connectivity index (χ2v) is 12.3. The van der Waals surface area contributed by atoms with E-state index in [9.17, 15) is 4.39 Å². The Morgan fingerprint density at radius 3 is 2.40 bits per heavy atom. The molecule has 7 heterocycles. The number of halogens is 1. The first kappa shape index (κ1) is 28.7. The van der Waals surface area contributed by atoms with E-state index in [1.165, 1.54) is 17.8 Å². The standard InChI is InChI=1S/C35H30FN11/c36-24-5-8-27(41-19-24)28-9-10-29-34(42-28)47(33(43-29)26-2-1-14-40-32(26)38)25-6-3-23(4-7-25)20-45-21-35(22-45)12-16-46(17-13-35)31-11-15-39-30(18-37)44-31/h1-11,14-15,19H,12-13,16-17,20-22H2,(H2,38,40). The van der Waals surface area contributed by atoms with Crippen LogP contribution in [0.1, 0.15) is 24.2 Å². The third kappa shape index (κ3) is 5.40. The van der Waals surface area contributed by atoms with Crippen LogP contribution in [0.4, 0.5) is 16.0 Å². The molecule has 2 N–H and O–H groups in total. The van der Waals surface area contributed by atoms with E-state index in [4.69, 9.17) is 21.0 Å². The molecule has 6 aromatic rings. The van der Waals surface area contributed by atoms with Crippen molar-refractivity contribution in [2.24, 2.45) is 5.41 Å². The number of imidazole rings is 1. The topological polar surface area (TPSA) is 139 Å². The monoisotopic (exact) mass is 623 g/mol. The summed E-state index contributed by atoms with van der Waals surface area (Å²) < 4.78 is 15.6. The van der Waals surface area contributed by atoms with Gasteiger partial charge in [0.15, 0.2) is 11.5 Å². The molecule has 2 aliphatic rings. The van der Waals surface area contributed by atoms with Gasteiger partial charge in [0.1, 0.15) is 29.0 Å². The van der Waals surface area contributed by atoms with E-state index in [1.807, 2.05) is 41.0 Å². The largest absolute Gasteiger partial charge is 0.383 e. The van der Waals surface area contributed by atoms with Crippen LogP contribution in [0.15, 0.2) is 85.3 Å². The number of nitrogen functional groups attached to an aromatic ring is 1. The van der Waals surface area contributed by atoms with E-state index >= 15 is 0 Å². The summed E-state index contributed by atoms with van der Waals surface area (Å²) in [6.07, 6.45) is 6.71. The summed E-state index contributed by atoms with van der Waals surface area (Å²) in [6, 6.07) is 22.9. The zero-order valence-electron chi connectivity index (χ0n) is 25.5. The van der Waals surface area contributed by atoms with Crippen molar-refractivity contribution >= 4 is 22.8 Å². The van der Waals surface area contributed by atoms with E-state index in [2.05, 4.69) is 54.0 Å². The van der Waals surface area contributed by atoms with Gasteiger partial charge < -0.3 is 10.6 Å². The van der Waals surface area contributed by atoms with E-state index in [1.54, 1.807) is 18.5 Å². The first-order valence-corrected chi connectivity index (χ1v) is 15.5. The number of benzene rings is 1. The SMILES string of the molecule is N#Cc1nccc(N2CCC3(CC2)CN(Cc2ccc(-n4c(-c5cccnc5N)nc5ccc(-c6ccc(F)cn6)nc54)cc2)C3)n1. The Kier molecular flexibility index (Phi) is 7.03. The molecule has 0 amide bonds. The molecule has 11 nitrogen and oxygen atoms in total. The van der Waals surface area contributed by atoms with Gasteiger partial charge in [-0.2, -0.15) is 5.26 Å². The number of aromatic nitrogens is 7. The zero-order chi connectivity index (χ0) is 32.0. The van der Waals surface area contributed by atoms with Gasteiger partial charge in [0.25, 0.3) is 0 Å². The van der Waals surface area contributed by atoms with Gasteiger partial charge in [-0.1, -0.05) is 12.1 Å². The number of hydrogen-bond acceptors (Lipinski definition) is 10. The number of likely N-dealkylation sites (tertiary alicyclic amines) is 1. The number of nitriles is 1. The zero-order valence-corrected chi connectivity index (χ0v) is 25.5. The minimum Gasteiger partial charge on any atom is -0.383 e.